The lowest BCUT2D eigenvalue weighted by molar-refractivity contribution is -0.143. The fraction of sp³-hybridized carbons (Fsp3) is 0.179. The lowest BCUT2D eigenvalue weighted by atomic mass is 9.94. The number of rotatable bonds is 10. The van der Waals surface area contributed by atoms with Crippen LogP contribution in [0.5, 0.6) is 0 Å². The number of H-pyrrole nitrogens is 1. The van der Waals surface area contributed by atoms with E-state index in [0.29, 0.717) is 22.7 Å². The van der Waals surface area contributed by atoms with Crippen LogP contribution in [0, 0.1) is 11.7 Å². The number of aromatic nitrogens is 2. The molecule has 0 saturated carbocycles. The minimum absolute atomic E-state index is 0.0225. The molecule has 0 unspecified atom stereocenters. The van der Waals surface area contributed by atoms with E-state index in [4.69, 9.17) is 11.6 Å². The highest BCUT2D eigenvalue weighted by Gasteiger charge is 2.25. The predicted molar refractivity (Wildman–Crippen MR) is 139 cm³/mol. The summed E-state index contributed by atoms with van der Waals surface area (Å²) in [6.45, 7) is -0.555. The van der Waals surface area contributed by atoms with Gasteiger partial charge in [0.1, 0.15) is 11.5 Å². The molecule has 4 aromatic rings. The van der Waals surface area contributed by atoms with Gasteiger partial charge in [-0.15, -0.1) is 0 Å². The van der Waals surface area contributed by atoms with Crippen LogP contribution in [0.25, 0.3) is 22.4 Å². The summed E-state index contributed by atoms with van der Waals surface area (Å²) in [7, 11) is 0. The normalized spacial score (nSPS) is 12.6. The molecule has 1 heterocycles. The van der Waals surface area contributed by atoms with E-state index in [9.17, 15) is 24.2 Å². The average Bonchev–Trinajstić information content (AvgIpc) is 3.38. The SMILES string of the molecule is O=C(N[C@H](Cc1ccc(-c2cccc(F)c2)cc1)C[C@@H](CO)C(=O)O)c1cc(-c2ccccc2Cl)n[nH]1. The Bertz CT molecular complexity index is 1390. The van der Waals surface area contributed by atoms with E-state index < -0.39 is 30.4 Å². The maximum Gasteiger partial charge on any atom is 0.308 e. The number of benzene rings is 3. The van der Waals surface area contributed by atoms with Gasteiger partial charge in [-0.1, -0.05) is 66.2 Å². The first-order chi connectivity index (χ1) is 17.8. The van der Waals surface area contributed by atoms with Gasteiger partial charge < -0.3 is 15.5 Å². The fourth-order valence-electron chi connectivity index (χ4n) is 4.08. The molecule has 0 radical (unpaired) electrons. The third-order valence-corrected chi connectivity index (χ3v) is 6.37. The van der Waals surface area contributed by atoms with Gasteiger partial charge in [0, 0.05) is 11.6 Å². The fourth-order valence-corrected chi connectivity index (χ4v) is 4.32. The van der Waals surface area contributed by atoms with Gasteiger partial charge in [-0.3, -0.25) is 14.7 Å². The lowest BCUT2D eigenvalue weighted by Crippen LogP contribution is -2.40. The Morgan fingerprint density at radius 3 is 2.43 bits per heavy atom. The molecule has 4 N–H and O–H groups in total. The van der Waals surface area contributed by atoms with Crippen LogP contribution in [0.15, 0.2) is 78.9 Å². The summed E-state index contributed by atoms with van der Waals surface area (Å²) in [5.41, 5.74) is 3.76. The zero-order valence-electron chi connectivity index (χ0n) is 19.7. The van der Waals surface area contributed by atoms with Gasteiger partial charge in [0.15, 0.2) is 0 Å². The Morgan fingerprint density at radius 1 is 1.00 bits per heavy atom. The standard InChI is InChI=1S/C28H25ClFN3O4/c29-24-7-2-1-6-23(24)25-15-26(33-32-25)27(35)31-22(14-20(16-34)28(36)37)12-17-8-10-18(11-9-17)19-4-3-5-21(30)13-19/h1-11,13,15,20,22,34H,12,14,16H2,(H,31,35)(H,32,33)(H,36,37)/t20-,22+/m0/s1. The van der Waals surface area contributed by atoms with E-state index in [1.54, 1.807) is 36.4 Å². The number of aromatic amines is 1. The van der Waals surface area contributed by atoms with Crippen molar-refractivity contribution in [1.82, 2.24) is 15.5 Å². The Hall–Kier alpha value is -4.01. The predicted octanol–water partition coefficient (Wildman–Crippen LogP) is 4.96. The molecule has 2 atom stereocenters. The first kappa shape index (κ1) is 26.1. The highest BCUT2D eigenvalue weighted by molar-refractivity contribution is 6.33. The third kappa shape index (κ3) is 6.61. The molecule has 0 aliphatic heterocycles. The number of aliphatic hydroxyl groups is 1. The van der Waals surface area contributed by atoms with E-state index in [1.165, 1.54) is 12.1 Å². The molecule has 1 amide bonds. The van der Waals surface area contributed by atoms with Crippen molar-refractivity contribution < 1.29 is 24.2 Å². The Labute approximate surface area is 217 Å². The first-order valence-electron chi connectivity index (χ1n) is 11.6. The Morgan fingerprint density at radius 2 is 1.76 bits per heavy atom. The number of nitrogens with zero attached hydrogens (tertiary/aromatic N) is 1. The van der Waals surface area contributed by atoms with Gasteiger partial charge in [0.05, 0.1) is 23.2 Å². The molecule has 190 valence electrons. The van der Waals surface area contributed by atoms with Gasteiger partial charge in [-0.25, -0.2) is 4.39 Å². The second kappa shape index (κ2) is 11.8. The number of carboxylic acid groups (broad SMARTS) is 1. The number of carboxylic acids is 1. The second-order valence-corrected chi connectivity index (χ2v) is 9.09. The monoisotopic (exact) mass is 521 g/mol. The number of hydrogen-bond donors (Lipinski definition) is 4. The molecule has 0 aliphatic carbocycles. The zero-order chi connectivity index (χ0) is 26.4. The molecule has 9 heteroatoms. The van der Waals surface area contributed by atoms with Crippen LogP contribution >= 0.6 is 11.6 Å². The van der Waals surface area contributed by atoms with Gasteiger partial charge in [0.2, 0.25) is 0 Å². The third-order valence-electron chi connectivity index (χ3n) is 6.04. The van der Waals surface area contributed by atoms with Crippen molar-refractivity contribution in [3.63, 3.8) is 0 Å². The molecular weight excluding hydrogens is 497 g/mol. The molecule has 3 aromatic carbocycles. The molecule has 0 fully saturated rings. The molecule has 0 spiro atoms. The van der Waals surface area contributed by atoms with Crippen molar-refractivity contribution in [2.24, 2.45) is 5.92 Å². The topological polar surface area (TPSA) is 115 Å². The Balaban J connectivity index is 1.52. The molecule has 37 heavy (non-hydrogen) atoms. The summed E-state index contributed by atoms with van der Waals surface area (Å²) >= 11 is 6.23. The minimum atomic E-state index is -1.15. The van der Waals surface area contributed by atoms with E-state index in [0.717, 1.165) is 16.7 Å². The smallest absolute Gasteiger partial charge is 0.308 e. The van der Waals surface area contributed by atoms with E-state index in [2.05, 4.69) is 15.5 Å². The molecule has 7 nitrogen and oxygen atoms in total. The highest BCUT2D eigenvalue weighted by Crippen LogP contribution is 2.26. The van der Waals surface area contributed by atoms with Crippen LogP contribution in [0.4, 0.5) is 4.39 Å². The summed E-state index contributed by atoms with van der Waals surface area (Å²) in [5.74, 6) is -2.98. The minimum Gasteiger partial charge on any atom is -0.481 e. The number of halogens is 2. The lowest BCUT2D eigenvalue weighted by Gasteiger charge is -2.21. The molecule has 0 saturated heterocycles. The van der Waals surface area contributed by atoms with Gasteiger partial charge in [-0.2, -0.15) is 5.10 Å². The molecular formula is C28H25ClFN3O4. The highest BCUT2D eigenvalue weighted by atomic mass is 35.5. The number of amides is 1. The van der Waals surface area contributed by atoms with Crippen LogP contribution in [0.2, 0.25) is 5.02 Å². The van der Waals surface area contributed by atoms with Gasteiger partial charge in [-0.05, 0) is 53.8 Å². The van der Waals surface area contributed by atoms with Crippen molar-refractivity contribution in [1.29, 1.82) is 0 Å². The van der Waals surface area contributed by atoms with E-state index in [-0.39, 0.29) is 17.9 Å². The quantitative estimate of drug-likeness (QED) is 0.235. The number of nitrogens with one attached hydrogen (secondary N) is 2. The largest absolute Gasteiger partial charge is 0.481 e. The van der Waals surface area contributed by atoms with Crippen molar-refractivity contribution in [3.05, 3.63) is 101 Å². The maximum absolute atomic E-state index is 13.6. The molecule has 0 aliphatic rings. The van der Waals surface area contributed by atoms with Crippen molar-refractivity contribution >= 4 is 23.5 Å². The number of carbonyl (C=O) groups is 2. The van der Waals surface area contributed by atoms with Crippen molar-refractivity contribution in [2.45, 2.75) is 18.9 Å². The van der Waals surface area contributed by atoms with Crippen LogP contribution in [-0.2, 0) is 11.2 Å². The van der Waals surface area contributed by atoms with Crippen LogP contribution in [-0.4, -0.2) is 44.9 Å². The van der Waals surface area contributed by atoms with E-state index >= 15 is 0 Å². The summed E-state index contributed by atoms with van der Waals surface area (Å²) in [4.78, 5) is 24.6. The van der Waals surface area contributed by atoms with Crippen molar-refractivity contribution in [3.8, 4) is 22.4 Å². The Kier molecular flexibility index (Phi) is 8.32. The van der Waals surface area contributed by atoms with Crippen LogP contribution in [0.1, 0.15) is 22.5 Å². The van der Waals surface area contributed by atoms with Gasteiger partial charge >= 0.3 is 5.97 Å². The summed E-state index contributed by atoms with van der Waals surface area (Å²) in [5, 5.41) is 29.2. The molecule has 1 aromatic heterocycles. The number of hydrogen-bond acceptors (Lipinski definition) is 4. The average molecular weight is 522 g/mol. The maximum atomic E-state index is 13.6. The first-order valence-corrected chi connectivity index (χ1v) is 12.0. The number of aliphatic hydroxyl groups excluding tert-OH is 1. The summed E-state index contributed by atoms with van der Waals surface area (Å²) in [6.07, 6.45) is 0.346. The van der Waals surface area contributed by atoms with E-state index in [1.807, 2.05) is 30.3 Å². The second-order valence-electron chi connectivity index (χ2n) is 8.68. The zero-order valence-corrected chi connectivity index (χ0v) is 20.5. The van der Waals surface area contributed by atoms with Crippen LogP contribution < -0.4 is 5.32 Å². The van der Waals surface area contributed by atoms with Gasteiger partial charge in [0.25, 0.3) is 5.91 Å². The molecule has 4 rings (SSSR count). The summed E-state index contributed by atoms with van der Waals surface area (Å²) < 4.78 is 13.6. The molecule has 0 bridgehead atoms. The number of carbonyl (C=O) groups excluding carboxylic acids is 1. The van der Waals surface area contributed by atoms with Crippen molar-refractivity contribution in [2.75, 3.05) is 6.61 Å². The summed E-state index contributed by atoms with van der Waals surface area (Å²) in [6, 6.07) is 21.7. The number of aliphatic carboxylic acids is 1. The van der Waals surface area contributed by atoms with Crippen LogP contribution in [0.3, 0.4) is 0 Å².